The molecular weight excluding hydrogens is 364 g/mol. The van der Waals surface area contributed by atoms with E-state index in [2.05, 4.69) is 77.1 Å². The van der Waals surface area contributed by atoms with Crippen molar-refractivity contribution in [2.24, 2.45) is 0 Å². The fraction of sp³-hybridized carbons (Fsp3) is 0.250. The number of benzene rings is 1. The minimum atomic E-state index is -1.48. The van der Waals surface area contributed by atoms with Crippen LogP contribution in [0.25, 0.3) is 0 Å². The van der Waals surface area contributed by atoms with Gasteiger partial charge in [-0.25, -0.2) is 0 Å². The summed E-state index contributed by atoms with van der Waals surface area (Å²) in [6, 6.07) is 9.67. The molecule has 0 saturated heterocycles. The monoisotopic (exact) mass is 370 g/mol. The summed E-state index contributed by atoms with van der Waals surface area (Å²) in [4.78, 5) is 0. The van der Waals surface area contributed by atoms with Crippen LogP contribution < -0.4 is 0 Å². The third-order valence-electron chi connectivity index (χ3n) is 1.53. The molecular formula is C8H9Br3Si. The van der Waals surface area contributed by atoms with Gasteiger partial charge in [-0.2, -0.15) is 0 Å². The molecule has 0 fully saturated rings. The zero-order chi connectivity index (χ0) is 9.19. The summed E-state index contributed by atoms with van der Waals surface area (Å²) in [6.07, 6.45) is 0. The molecule has 0 atom stereocenters. The van der Waals surface area contributed by atoms with Crippen LogP contribution in [0.3, 0.4) is 0 Å². The van der Waals surface area contributed by atoms with Crippen molar-refractivity contribution in [2.75, 3.05) is 0 Å². The van der Waals surface area contributed by atoms with E-state index in [1.54, 1.807) is 0 Å². The van der Waals surface area contributed by atoms with Gasteiger partial charge in [-0.3, -0.25) is 0 Å². The molecule has 0 aromatic heterocycles. The maximum Gasteiger partial charge on any atom is 0.271 e. The highest BCUT2D eigenvalue weighted by atomic mass is 80.0. The Balaban J connectivity index is 2.71. The summed E-state index contributed by atoms with van der Waals surface area (Å²) in [5.74, 6) is 0. The zero-order valence-corrected chi connectivity index (χ0v) is 12.4. The van der Waals surface area contributed by atoms with Crippen LogP contribution in [0.15, 0.2) is 24.3 Å². The first-order chi connectivity index (χ1) is 5.47. The lowest BCUT2D eigenvalue weighted by atomic mass is 10.2. The van der Waals surface area contributed by atoms with Crippen LogP contribution in [-0.2, 0) is 6.04 Å². The molecule has 0 heterocycles. The SMILES string of the molecule is Cc1ccc(C[Si](Br)(Br)Br)cc1. The molecule has 4 heteroatoms. The summed E-state index contributed by atoms with van der Waals surface area (Å²) in [6.45, 7) is 2.10. The summed E-state index contributed by atoms with van der Waals surface area (Å²) in [7, 11) is 0. The van der Waals surface area contributed by atoms with Gasteiger partial charge in [0.25, 0.3) is 3.93 Å². The molecule has 0 radical (unpaired) electrons. The first-order valence-corrected chi connectivity index (χ1v) is 12.6. The van der Waals surface area contributed by atoms with E-state index in [4.69, 9.17) is 0 Å². The lowest BCUT2D eigenvalue weighted by molar-refractivity contribution is 1.35. The highest BCUT2D eigenvalue weighted by Gasteiger charge is 2.22. The topological polar surface area (TPSA) is 0 Å². The lowest BCUT2D eigenvalue weighted by Gasteiger charge is -2.08. The van der Waals surface area contributed by atoms with Gasteiger partial charge < -0.3 is 0 Å². The van der Waals surface area contributed by atoms with E-state index in [0.29, 0.717) is 0 Å². The maximum absolute atomic E-state index is 3.61. The van der Waals surface area contributed by atoms with Crippen molar-refractivity contribution in [1.82, 2.24) is 0 Å². The number of hydrogen-bond acceptors (Lipinski definition) is 0. The number of aryl methyl sites for hydroxylation is 1. The molecule has 0 N–H and O–H groups in total. The highest BCUT2D eigenvalue weighted by molar-refractivity contribution is 9.71. The van der Waals surface area contributed by atoms with Gasteiger partial charge in [-0.05, 0) is 18.5 Å². The second-order valence-corrected chi connectivity index (χ2v) is 26.1. The smallest absolute Gasteiger partial charge is 0.0961 e. The average Bonchev–Trinajstić information content (AvgIpc) is 1.91. The molecule has 1 aromatic carbocycles. The van der Waals surface area contributed by atoms with Crippen molar-refractivity contribution >= 4 is 49.8 Å². The van der Waals surface area contributed by atoms with Crippen LogP contribution in [0.4, 0.5) is 0 Å². The number of rotatable bonds is 2. The quantitative estimate of drug-likeness (QED) is 0.539. The molecule has 0 spiro atoms. The summed E-state index contributed by atoms with van der Waals surface area (Å²) >= 11 is 10.8. The van der Waals surface area contributed by atoms with Crippen LogP contribution >= 0.6 is 45.9 Å². The Kier molecular flexibility index (Phi) is 4.01. The van der Waals surface area contributed by atoms with E-state index in [-0.39, 0.29) is 0 Å². The minimum Gasteiger partial charge on any atom is -0.0961 e. The van der Waals surface area contributed by atoms with Gasteiger partial charge in [0.05, 0.1) is 0 Å². The molecule has 0 aliphatic carbocycles. The Bertz CT molecular complexity index is 250. The van der Waals surface area contributed by atoms with Gasteiger partial charge in [0.1, 0.15) is 0 Å². The van der Waals surface area contributed by atoms with Gasteiger partial charge in [-0.1, -0.05) is 75.7 Å². The molecule has 1 rings (SSSR count). The largest absolute Gasteiger partial charge is 0.271 e. The Labute approximate surface area is 97.5 Å². The molecule has 1 aromatic rings. The second-order valence-electron chi connectivity index (χ2n) is 2.78. The van der Waals surface area contributed by atoms with E-state index in [9.17, 15) is 0 Å². The summed E-state index contributed by atoms with van der Waals surface area (Å²) < 4.78 is -1.48. The third kappa shape index (κ3) is 4.21. The van der Waals surface area contributed by atoms with Crippen molar-refractivity contribution < 1.29 is 0 Å². The first kappa shape index (κ1) is 11.0. The Hall–Kier alpha value is 0.877. The third-order valence-corrected chi connectivity index (χ3v) is 4.86. The van der Waals surface area contributed by atoms with Crippen LogP contribution in [-0.4, -0.2) is 3.93 Å². The van der Waals surface area contributed by atoms with Gasteiger partial charge in [0, 0.05) is 0 Å². The number of hydrogen-bond donors (Lipinski definition) is 0. The van der Waals surface area contributed by atoms with Crippen LogP contribution in [0.5, 0.6) is 0 Å². The van der Waals surface area contributed by atoms with E-state index < -0.39 is 3.93 Å². The predicted octanol–water partition coefficient (Wildman–Crippen LogP) is 4.20. The zero-order valence-electron chi connectivity index (χ0n) is 6.65. The van der Waals surface area contributed by atoms with Crippen molar-refractivity contribution in [3.8, 4) is 0 Å². The lowest BCUT2D eigenvalue weighted by Crippen LogP contribution is -2.11. The van der Waals surface area contributed by atoms with E-state index >= 15 is 0 Å². The van der Waals surface area contributed by atoms with Crippen LogP contribution in [0, 0.1) is 6.92 Å². The molecule has 0 saturated carbocycles. The van der Waals surface area contributed by atoms with Gasteiger partial charge in [-0.15, -0.1) is 0 Å². The molecule has 0 nitrogen and oxygen atoms in total. The maximum atomic E-state index is 3.61. The van der Waals surface area contributed by atoms with Crippen molar-refractivity contribution in [3.63, 3.8) is 0 Å². The van der Waals surface area contributed by atoms with Gasteiger partial charge in [0.15, 0.2) is 0 Å². The van der Waals surface area contributed by atoms with Crippen LogP contribution in [0.2, 0.25) is 0 Å². The standard InChI is InChI=1S/C8H9Br3Si/c1-7-2-4-8(5-3-7)6-12(9,10)11/h2-5H,6H2,1H3. The van der Waals surface area contributed by atoms with Gasteiger partial charge in [0.2, 0.25) is 0 Å². The minimum absolute atomic E-state index is 1.05. The number of halogens is 3. The normalized spacial score (nSPS) is 11.7. The van der Waals surface area contributed by atoms with E-state index in [1.165, 1.54) is 11.1 Å². The molecule has 0 amide bonds. The summed E-state index contributed by atoms with van der Waals surface area (Å²) in [5.41, 5.74) is 2.67. The second kappa shape index (κ2) is 4.40. The van der Waals surface area contributed by atoms with Crippen molar-refractivity contribution in [3.05, 3.63) is 35.4 Å². The molecule has 0 aliphatic rings. The average molecular weight is 373 g/mol. The first-order valence-electron chi connectivity index (χ1n) is 3.60. The summed E-state index contributed by atoms with van der Waals surface area (Å²) in [5, 5.41) is 0. The molecule has 0 aliphatic heterocycles. The molecule has 0 bridgehead atoms. The van der Waals surface area contributed by atoms with E-state index in [1.807, 2.05) is 0 Å². The Morgan fingerprint density at radius 3 is 2.00 bits per heavy atom. The van der Waals surface area contributed by atoms with Crippen molar-refractivity contribution in [2.45, 2.75) is 13.0 Å². The molecule has 0 unspecified atom stereocenters. The fourth-order valence-corrected chi connectivity index (χ4v) is 4.55. The van der Waals surface area contributed by atoms with Crippen molar-refractivity contribution in [1.29, 1.82) is 0 Å². The highest BCUT2D eigenvalue weighted by Crippen LogP contribution is 2.31. The van der Waals surface area contributed by atoms with E-state index in [0.717, 1.165) is 6.04 Å². The fourth-order valence-electron chi connectivity index (χ4n) is 0.937. The Morgan fingerprint density at radius 1 is 1.08 bits per heavy atom. The predicted molar refractivity (Wildman–Crippen MR) is 67.4 cm³/mol. The van der Waals surface area contributed by atoms with Crippen LogP contribution in [0.1, 0.15) is 11.1 Å². The van der Waals surface area contributed by atoms with Gasteiger partial charge >= 0.3 is 0 Å². The molecule has 66 valence electrons. The Morgan fingerprint density at radius 2 is 1.58 bits per heavy atom. The molecule has 12 heavy (non-hydrogen) atoms.